The van der Waals surface area contributed by atoms with Gasteiger partial charge in [0.25, 0.3) is 5.92 Å². The van der Waals surface area contributed by atoms with Gasteiger partial charge in [-0.25, -0.2) is 15.0 Å². The van der Waals surface area contributed by atoms with Crippen LogP contribution in [0.2, 0.25) is 0 Å². The van der Waals surface area contributed by atoms with Crippen molar-refractivity contribution >= 4 is 0 Å². The number of fused-ring (bicyclic) bond motifs is 3. The summed E-state index contributed by atoms with van der Waals surface area (Å²) in [5.41, 5.74) is 4.88. The van der Waals surface area contributed by atoms with Crippen LogP contribution in [-0.4, -0.2) is 15.0 Å². The van der Waals surface area contributed by atoms with Crippen molar-refractivity contribution in [2.75, 3.05) is 0 Å². The monoisotopic (exact) mass is 509 g/mol. The van der Waals surface area contributed by atoms with E-state index in [0.717, 1.165) is 22.3 Å². The van der Waals surface area contributed by atoms with Crippen LogP contribution in [0.3, 0.4) is 0 Å². The van der Waals surface area contributed by atoms with Gasteiger partial charge < -0.3 is 0 Å². The van der Waals surface area contributed by atoms with Gasteiger partial charge in [0.05, 0.1) is 0 Å². The summed E-state index contributed by atoms with van der Waals surface area (Å²) in [5.74, 6) is -1.82. The van der Waals surface area contributed by atoms with Crippen molar-refractivity contribution in [1.82, 2.24) is 15.0 Å². The van der Waals surface area contributed by atoms with Gasteiger partial charge in [-0.3, -0.25) is 0 Å². The molecule has 0 radical (unpaired) electrons. The molecule has 1 aliphatic carbocycles. The van der Waals surface area contributed by atoms with Crippen LogP contribution in [0.5, 0.6) is 0 Å². The Kier molecular flexibility index (Phi) is 5.37. The lowest BCUT2D eigenvalue weighted by molar-refractivity contribution is 0.0481. The van der Waals surface area contributed by atoms with Crippen LogP contribution in [0.1, 0.15) is 11.1 Å². The molecule has 6 aromatic rings. The van der Waals surface area contributed by atoms with Crippen molar-refractivity contribution in [3.63, 3.8) is 0 Å². The smallest absolute Gasteiger partial charge is 0.208 e. The minimum atomic E-state index is -3.15. The number of benzene rings is 5. The molecule has 7 rings (SSSR count). The molecule has 0 bridgehead atoms. The number of hydrogen-bond donors (Lipinski definition) is 0. The Bertz CT molecular complexity index is 1760. The molecule has 1 aromatic heterocycles. The zero-order valence-corrected chi connectivity index (χ0v) is 20.7. The molecule has 0 saturated carbocycles. The van der Waals surface area contributed by atoms with Gasteiger partial charge >= 0.3 is 0 Å². The molecule has 5 aromatic carbocycles. The molecule has 1 heterocycles. The SMILES string of the molecule is FC1(F)c2cc(-c3ccccc3)ccc2-c2ccc(-c3nc(-c4ccccc4)nc(-c4ccccc4)n3)cc21. The van der Waals surface area contributed by atoms with Crippen molar-refractivity contribution in [2.24, 2.45) is 0 Å². The van der Waals surface area contributed by atoms with Crippen LogP contribution in [0.4, 0.5) is 8.78 Å². The van der Waals surface area contributed by atoms with E-state index in [1.807, 2.05) is 103 Å². The highest BCUT2D eigenvalue weighted by atomic mass is 19.3. The molecule has 0 spiro atoms. The Morgan fingerprint density at radius 2 is 0.769 bits per heavy atom. The lowest BCUT2D eigenvalue weighted by Crippen LogP contribution is -2.11. The topological polar surface area (TPSA) is 38.7 Å². The van der Waals surface area contributed by atoms with Gasteiger partial charge in [0, 0.05) is 27.8 Å². The number of hydrogen-bond acceptors (Lipinski definition) is 3. The maximum absolute atomic E-state index is 16.0. The molecule has 0 saturated heterocycles. The normalized spacial score (nSPS) is 13.1. The fraction of sp³-hybridized carbons (Fsp3) is 0.0294. The molecule has 186 valence electrons. The van der Waals surface area contributed by atoms with Gasteiger partial charge in [-0.2, -0.15) is 8.78 Å². The highest BCUT2D eigenvalue weighted by Gasteiger charge is 2.44. The summed E-state index contributed by atoms with van der Waals surface area (Å²) in [7, 11) is 0. The van der Waals surface area contributed by atoms with E-state index >= 15 is 8.78 Å². The minimum Gasteiger partial charge on any atom is -0.208 e. The van der Waals surface area contributed by atoms with Crippen LogP contribution < -0.4 is 0 Å². The van der Waals surface area contributed by atoms with E-state index in [0.29, 0.717) is 34.2 Å². The highest BCUT2D eigenvalue weighted by Crippen LogP contribution is 2.52. The van der Waals surface area contributed by atoms with E-state index in [9.17, 15) is 0 Å². The summed E-state index contributed by atoms with van der Waals surface area (Å²) in [6.45, 7) is 0. The molecule has 0 atom stereocenters. The van der Waals surface area contributed by atoms with E-state index in [1.54, 1.807) is 18.2 Å². The van der Waals surface area contributed by atoms with Crippen molar-refractivity contribution in [2.45, 2.75) is 5.92 Å². The maximum atomic E-state index is 16.0. The second-order valence-electron chi connectivity index (χ2n) is 9.50. The van der Waals surface area contributed by atoms with Crippen molar-refractivity contribution < 1.29 is 8.78 Å². The van der Waals surface area contributed by atoms with Gasteiger partial charge in [0.15, 0.2) is 17.5 Å². The third-order valence-corrected chi connectivity index (χ3v) is 7.07. The fourth-order valence-electron chi connectivity index (χ4n) is 5.11. The molecule has 0 fully saturated rings. The van der Waals surface area contributed by atoms with Crippen LogP contribution in [-0.2, 0) is 5.92 Å². The van der Waals surface area contributed by atoms with Crippen molar-refractivity contribution in [3.8, 4) is 56.4 Å². The average molecular weight is 510 g/mol. The van der Waals surface area contributed by atoms with E-state index in [-0.39, 0.29) is 11.1 Å². The second-order valence-corrected chi connectivity index (χ2v) is 9.50. The lowest BCUT2D eigenvalue weighted by atomic mass is 9.98. The summed E-state index contributed by atoms with van der Waals surface area (Å²) in [4.78, 5) is 14.1. The van der Waals surface area contributed by atoms with E-state index in [1.165, 1.54) is 6.07 Å². The summed E-state index contributed by atoms with van der Waals surface area (Å²) in [5, 5.41) is 0. The maximum Gasteiger partial charge on any atom is 0.299 e. The average Bonchev–Trinajstić information content (AvgIpc) is 3.23. The standard InChI is InChI=1S/C34H21F2N3/c35-34(36)29-20-25(22-10-4-1-5-11-22)16-18-27(29)28-19-17-26(21-30(28)34)33-38-31(23-12-6-2-7-13-23)37-32(39-33)24-14-8-3-9-15-24/h1-21H. The Morgan fingerprint density at radius 3 is 1.26 bits per heavy atom. The predicted molar refractivity (Wildman–Crippen MR) is 150 cm³/mol. The van der Waals surface area contributed by atoms with Crippen LogP contribution in [0.15, 0.2) is 127 Å². The first-order valence-electron chi connectivity index (χ1n) is 12.7. The van der Waals surface area contributed by atoms with E-state index in [2.05, 4.69) is 0 Å². The number of halogens is 2. The van der Waals surface area contributed by atoms with Gasteiger partial charge in [-0.1, -0.05) is 115 Å². The van der Waals surface area contributed by atoms with Gasteiger partial charge in [0.2, 0.25) is 0 Å². The molecule has 0 N–H and O–H groups in total. The summed E-state index contributed by atoms with van der Waals surface area (Å²) in [6, 6.07) is 39.2. The molecule has 0 amide bonds. The molecule has 0 unspecified atom stereocenters. The number of aromatic nitrogens is 3. The zero-order valence-electron chi connectivity index (χ0n) is 20.7. The summed E-state index contributed by atoms with van der Waals surface area (Å²) < 4.78 is 31.9. The molecule has 3 nitrogen and oxygen atoms in total. The zero-order chi connectivity index (χ0) is 26.4. The Hall–Kier alpha value is -5.03. The van der Waals surface area contributed by atoms with E-state index in [4.69, 9.17) is 15.0 Å². The predicted octanol–water partition coefficient (Wildman–Crippen LogP) is 8.66. The molecule has 5 heteroatoms. The van der Waals surface area contributed by atoms with Crippen LogP contribution in [0, 0.1) is 0 Å². The van der Waals surface area contributed by atoms with Gasteiger partial charge in [0.1, 0.15) is 0 Å². The first-order chi connectivity index (χ1) is 19.1. The molecular weight excluding hydrogens is 488 g/mol. The summed E-state index contributed by atoms with van der Waals surface area (Å²) >= 11 is 0. The van der Waals surface area contributed by atoms with Crippen molar-refractivity contribution in [1.29, 1.82) is 0 Å². The molecule has 0 aliphatic heterocycles. The number of rotatable bonds is 4. The quantitative estimate of drug-likeness (QED) is 0.239. The van der Waals surface area contributed by atoms with Gasteiger partial charge in [-0.15, -0.1) is 0 Å². The Labute approximate surface area is 224 Å². The van der Waals surface area contributed by atoms with Crippen LogP contribution in [0.25, 0.3) is 56.4 Å². The number of nitrogens with zero attached hydrogens (tertiary/aromatic N) is 3. The third-order valence-electron chi connectivity index (χ3n) is 7.07. The Morgan fingerprint density at radius 1 is 0.385 bits per heavy atom. The molecule has 1 aliphatic rings. The first kappa shape index (κ1) is 23.1. The van der Waals surface area contributed by atoms with Crippen LogP contribution >= 0.6 is 0 Å². The molecule has 39 heavy (non-hydrogen) atoms. The first-order valence-corrected chi connectivity index (χ1v) is 12.7. The largest absolute Gasteiger partial charge is 0.299 e. The number of alkyl halides is 2. The summed E-state index contributed by atoms with van der Waals surface area (Å²) in [6.07, 6.45) is 0. The van der Waals surface area contributed by atoms with Crippen molar-refractivity contribution in [3.05, 3.63) is 139 Å². The highest BCUT2D eigenvalue weighted by molar-refractivity contribution is 5.84. The third kappa shape index (κ3) is 3.99. The Balaban J connectivity index is 1.36. The second kappa shape index (κ2) is 9.07. The van der Waals surface area contributed by atoms with Gasteiger partial charge in [-0.05, 0) is 34.4 Å². The minimum absolute atomic E-state index is 0.0154. The fourth-order valence-corrected chi connectivity index (χ4v) is 5.11. The molecular formula is C34H21F2N3. The lowest BCUT2D eigenvalue weighted by Gasteiger charge is -2.14. The van der Waals surface area contributed by atoms with E-state index < -0.39 is 5.92 Å².